The largest absolute Gasteiger partial charge is 0.455 e. The zero-order valence-electron chi connectivity index (χ0n) is 34.8. The molecule has 0 N–H and O–H groups in total. The van der Waals surface area contributed by atoms with Gasteiger partial charge in [0.15, 0.2) is 0 Å². The second kappa shape index (κ2) is 13.4. The molecule has 0 bridgehead atoms. The van der Waals surface area contributed by atoms with E-state index in [1.54, 1.807) is 0 Å². The van der Waals surface area contributed by atoms with E-state index in [0.29, 0.717) is 0 Å². The Balaban J connectivity index is 0.886. The van der Waals surface area contributed by atoms with E-state index in [2.05, 4.69) is 216 Å². The summed E-state index contributed by atoms with van der Waals surface area (Å²) in [6.45, 7) is 4.69. The van der Waals surface area contributed by atoms with Crippen molar-refractivity contribution >= 4 is 66.8 Å². The fourth-order valence-electron chi connectivity index (χ4n) is 10.3. The van der Waals surface area contributed by atoms with Crippen LogP contribution in [0, 0.1) is 0 Å². The molecule has 0 aliphatic heterocycles. The highest BCUT2D eigenvalue weighted by atomic mass is 16.3. The lowest BCUT2D eigenvalue weighted by Crippen LogP contribution is -2.16. The number of aromatic nitrogens is 3. The van der Waals surface area contributed by atoms with Crippen molar-refractivity contribution in [3.8, 4) is 39.1 Å². The van der Waals surface area contributed by atoms with Crippen LogP contribution in [0.4, 0.5) is 17.1 Å². The summed E-state index contributed by atoms with van der Waals surface area (Å²) in [4.78, 5) is 7.46. The first-order valence-electron chi connectivity index (χ1n) is 21.6. The van der Waals surface area contributed by atoms with Gasteiger partial charge >= 0.3 is 0 Å². The standard InChI is InChI=1S/C58H40N4O/c1-58(2)49-16-5-3-12-45(49)46-35-34-43(36-50(46)58)60(41-32-26-39(27-33-41)44-14-11-15-48-47-13-4-10-21-55(47)63-56(44)48)40-28-22-37(23-29-40)38-24-30-42(31-25-38)61-53-19-8-9-20-54(53)62-52-18-7-6-17-51(52)59-57(61)62/h3-36H,1-2H3. The van der Waals surface area contributed by atoms with E-state index in [0.717, 1.165) is 94.8 Å². The lowest BCUT2D eigenvalue weighted by atomic mass is 9.82. The van der Waals surface area contributed by atoms with Gasteiger partial charge in [0.25, 0.3) is 0 Å². The third-order valence-electron chi connectivity index (χ3n) is 13.4. The van der Waals surface area contributed by atoms with Crippen LogP contribution in [-0.4, -0.2) is 14.0 Å². The fraction of sp³-hybridized carbons (Fsp3) is 0.0517. The van der Waals surface area contributed by atoms with Crippen molar-refractivity contribution in [2.24, 2.45) is 0 Å². The molecule has 3 heterocycles. The van der Waals surface area contributed by atoms with Crippen LogP contribution in [0.1, 0.15) is 25.0 Å². The van der Waals surface area contributed by atoms with Crippen molar-refractivity contribution in [3.05, 3.63) is 217 Å². The van der Waals surface area contributed by atoms with Gasteiger partial charge in [0, 0.05) is 44.5 Å². The van der Waals surface area contributed by atoms with Crippen LogP contribution in [-0.2, 0) is 5.41 Å². The van der Waals surface area contributed by atoms with Crippen molar-refractivity contribution in [3.63, 3.8) is 0 Å². The SMILES string of the molecule is CC1(C)c2ccccc2-c2ccc(N(c3ccc(-c4ccc(-n5c6ccccc6n6c7ccccc7nc56)cc4)cc3)c3ccc(-c4cccc5c4oc4ccccc45)cc3)cc21. The molecule has 63 heavy (non-hydrogen) atoms. The Hall–Kier alpha value is -8.15. The van der Waals surface area contributed by atoms with Gasteiger partial charge in [-0.25, -0.2) is 4.98 Å². The summed E-state index contributed by atoms with van der Waals surface area (Å²) in [5, 5.41) is 2.27. The molecule has 9 aromatic carbocycles. The van der Waals surface area contributed by atoms with E-state index in [4.69, 9.17) is 9.40 Å². The van der Waals surface area contributed by atoms with Crippen LogP contribution in [0.3, 0.4) is 0 Å². The Kier molecular flexibility index (Phi) is 7.58. The van der Waals surface area contributed by atoms with Crippen molar-refractivity contribution in [1.82, 2.24) is 14.0 Å². The number of hydrogen-bond donors (Lipinski definition) is 0. The molecule has 5 nitrogen and oxygen atoms in total. The molecule has 0 radical (unpaired) electrons. The molecule has 1 aliphatic carbocycles. The molecule has 1 aliphatic rings. The van der Waals surface area contributed by atoms with E-state index < -0.39 is 0 Å². The van der Waals surface area contributed by atoms with Gasteiger partial charge in [0.1, 0.15) is 11.2 Å². The molecule has 12 aromatic rings. The van der Waals surface area contributed by atoms with E-state index in [9.17, 15) is 0 Å². The highest BCUT2D eigenvalue weighted by Gasteiger charge is 2.35. The van der Waals surface area contributed by atoms with Gasteiger partial charge in [-0.05, 0) is 118 Å². The fourth-order valence-corrected chi connectivity index (χ4v) is 10.3. The summed E-state index contributed by atoms with van der Waals surface area (Å²) >= 11 is 0. The van der Waals surface area contributed by atoms with Crippen molar-refractivity contribution < 1.29 is 4.42 Å². The molecule has 0 fully saturated rings. The maximum absolute atomic E-state index is 6.45. The minimum absolute atomic E-state index is 0.122. The van der Waals surface area contributed by atoms with Crippen LogP contribution in [0.2, 0.25) is 0 Å². The summed E-state index contributed by atoms with van der Waals surface area (Å²) in [5.74, 6) is 0.910. The Morgan fingerprint density at radius 2 is 1.05 bits per heavy atom. The second-order valence-corrected chi connectivity index (χ2v) is 17.2. The van der Waals surface area contributed by atoms with E-state index in [1.165, 1.54) is 22.3 Å². The van der Waals surface area contributed by atoms with Crippen LogP contribution in [0.15, 0.2) is 211 Å². The number of furan rings is 1. The highest BCUT2D eigenvalue weighted by molar-refractivity contribution is 6.09. The predicted octanol–water partition coefficient (Wildman–Crippen LogP) is 15.4. The molecule has 13 rings (SSSR count). The molecule has 0 saturated carbocycles. The maximum atomic E-state index is 6.45. The minimum atomic E-state index is -0.122. The number of fused-ring (bicyclic) bond motifs is 11. The first kappa shape index (κ1) is 35.6. The molecule has 3 aromatic heterocycles. The average Bonchev–Trinajstić information content (AvgIpc) is 4.06. The summed E-state index contributed by atoms with van der Waals surface area (Å²) in [5.41, 5.74) is 20.3. The maximum Gasteiger partial charge on any atom is 0.220 e. The van der Waals surface area contributed by atoms with E-state index in [-0.39, 0.29) is 5.41 Å². The Bertz CT molecular complexity index is 3750. The zero-order chi connectivity index (χ0) is 41.8. The van der Waals surface area contributed by atoms with Crippen LogP contribution >= 0.6 is 0 Å². The molecule has 0 atom stereocenters. The van der Waals surface area contributed by atoms with Gasteiger partial charge in [-0.2, -0.15) is 0 Å². The summed E-state index contributed by atoms with van der Waals surface area (Å²) in [6, 6.07) is 74.2. The van der Waals surface area contributed by atoms with Gasteiger partial charge in [0.2, 0.25) is 5.78 Å². The molecule has 298 valence electrons. The Morgan fingerprint density at radius 3 is 1.84 bits per heavy atom. The number of nitrogens with zero attached hydrogens (tertiary/aromatic N) is 4. The number of para-hydroxylation sites is 6. The van der Waals surface area contributed by atoms with E-state index >= 15 is 0 Å². The van der Waals surface area contributed by atoms with Gasteiger partial charge in [0.05, 0.1) is 22.1 Å². The van der Waals surface area contributed by atoms with Crippen LogP contribution in [0.5, 0.6) is 0 Å². The van der Waals surface area contributed by atoms with Gasteiger partial charge in [-0.15, -0.1) is 0 Å². The molecule has 0 saturated heterocycles. The lowest BCUT2D eigenvalue weighted by molar-refractivity contribution is 0.660. The number of imidazole rings is 2. The molecular formula is C58H40N4O. The van der Waals surface area contributed by atoms with Crippen LogP contribution < -0.4 is 4.90 Å². The Labute approximate surface area is 364 Å². The number of hydrogen-bond acceptors (Lipinski definition) is 3. The van der Waals surface area contributed by atoms with Gasteiger partial charge in [-0.1, -0.05) is 141 Å². The smallest absolute Gasteiger partial charge is 0.220 e. The predicted molar refractivity (Wildman–Crippen MR) is 260 cm³/mol. The normalized spacial score (nSPS) is 13.0. The summed E-state index contributed by atoms with van der Waals surface area (Å²) < 4.78 is 11.0. The number of anilines is 3. The van der Waals surface area contributed by atoms with Crippen molar-refractivity contribution in [2.75, 3.05) is 4.90 Å². The lowest BCUT2D eigenvalue weighted by Gasteiger charge is -2.28. The van der Waals surface area contributed by atoms with Gasteiger partial charge < -0.3 is 9.32 Å². The third kappa shape index (κ3) is 5.33. The third-order valence-corrected chi connectivity index (χ3v) is 13.4. The molecule has 0 spiro atoms. The monoisotopic (exact) mass is 808 g/mol. The number of benzene rings is 9. The molecular weight excluding hydrogens is 769 g/mol. The number of rotatable bonds is 6. The highest BCUT2D eigenvalue weighted by Crippen LogP contribution is 2.51. The quantitative estimate of drug-likeness (QED) is 0.168. The minimum Gasteiger partial charge on any atom is -0.455 e. The molecule has 5 heteroatoms. The van der Waals surface area contributed by atoms with E-state index in [1.807, 2.05) is 18.2 Å². The second-order valence-electron chi connectivity index (χ2n) is 17.2. The van der Waals surface area contributed by atoms with Gasteiger partial charge in [-0.3, -0.25) is 8.97 Å². The summed E-state index contributed by atoms with van der Waals surface area (Å²) in [6.07, 6.45) is 0. The zero-order valence-corrected chi connectivity index (χ0v) is 34.8. The van der Waals surface area contributed by atoms with Crippen molar-refractivity contribution in [1.29, 1.82) is 0 Å². The summed E-state index contributed by atoms with van der Waals surface area (Å²) in [7, 11) is 0. The average molecular weight is 809 g/mol. The Morgan fingerprint density at radius 1 is 0.460 bits per heavy atom. The molecule has 0 unspecified atom stereocenters. The molecule has 0 amide bonds. The first-order chi connectivity index (χ1) is 31.0. The van der Waals surface area contributed by atoms with Crippen LogP contribution in [0.25, 0.3) is 88.9 Å². The first-order valence-corrected chi connectivity index (χ1v) is 21.6. The van der Waals surface area contributed by atoms with Crippen molar-refractivity contribution in [2.45, 2.75) is 19.3 Å². The topological polar surface area (TPSA) is 38.6 Å².